The van der Waals surface area contributed by atoms with Gasteiger partial charge in [-0.3, -0.25) is 0 Å². The Morgan fingerprint density at radius 1 is 1.29 bits per heavy atom. The predicted octanol–water partition coefficient (Wildman–Crippen LogP) is 3.84. The van der Waals surface area contributed by atoms with Gasteiger partial charge in [-0.25, -0.2) is 9.97 Å². The molecular weight excluding hydrogens is 334 g/mol. The van der Waals surface area contributed by atoms with Crippen LogP contribution in [0.5, 0.6) is 0 Å². The zero-order valence-corrected chi connectivity index (χ0v) is 14.3. The van der Waals surface area contributed by atoms with Crippen LogP contribution in [0, 0.1) is 13.8 Å². The van der Waals surface area contributed by atoms with Crippen molar-refractivity contribution in [2.45, 2.75) is 40.2 Å². The molecule has 0 aromatic carbocycles. The van der Waals surface area contributed by atoms with E-state index < -0.39 is 0 Å². The molecule has 2 heterocycles. The van der Waals surface area contributed by atoms with E-state index in [-0.39, 0.29) is 6.04 Å². The van der Waals surface area contributed by atoms with Crippen LogP contribution in [0.1, 0.15) is 43.3 Å². The van der Waals surface area contributed by atoms with E-state index in [1.165, 1.54) is 0 Å². The fourth-order valence-corrected chi connectivity index (χ4v) is 2.68. The largest absolute Gasteiger partial charge is 0.369 e. The molecule has 1 unspecified atom stereocenters. The van der Waals surface area contributed by atoms with Crippen molar-refractivity contribution < 1.29 is 4.52 Å². The fraction of sp³-hybridized carbons (Fsp3) is 0.500. The summed E-state index contributed by atoms with van der Waals surface area (Å²) in [5.74, 6) is 2.36. The zero-order chi connectivity index (χ0) is 15.4. The average Bonchev–Trinajstić information content (AvgIpc) is 2.79. The summed E-state index contributed by atoms with van der Waals surface area (Å²) >= 11 is 3.55. The lowest BCUT2D eigenvalue weighted by molar-refractivity contribution is 0.392. The van der Waals surface area contributed by atoms with Gasteiger partial charge in [0.2, 0.25) is 0 Å². The molecule has 0 amide bonds. The van der Waals surface area contributed by atoms with Crippen LogP contribution in [0.2, 0.25) is 0 Å². The van der Waals surface area contributed by atoms with E-state index in [2.05, 4.69) is 55.5 Å². The molecule has 7 heteroatoms. The number of aryl methyl sites for hydroxylation is 2. The molecule has 21 heavy (non-hydrogen) atoms. The van der Waals surface area contributed by atoms with Crippen LogP contribution in [0.15, 0.2) is 15.3 Å². The van der Waals surface area contributed by atoms with E-state index in [4.69, 9.17) is 4.52 Å². The highest BCUT2D eigenvalue weighted by molar-refractivity contribution is 9.10. The molecule has 6 nitrogen and oxygen atoms in total. The van der Waals surface area contributed by atoms with Crippen LogP contribution in [0.3, 0.4) is 0 Å². The molecule has 0 bridgehead atoms. The van der Waals surface area contributed by atoms with Gasteiger partial charge in [0.05, 0.1) is 11.7 Å². The molecule has 0 radical (unpaired) electrons. The maximum atomic E-state index is 5.21. The molecule has 2 aromatic rings. The monoisotopic (exact) mass is 353 g/mol. The third-order valence-corrected chi connectivity index (χ3v) is 3.96. The van der Waals surface area contributed by atoms with Crippen LogP contribution >= 0.6 is 15.9 Å². The summed E-state index contributed by atoms with van der Waals surface area (Å²) in [5.41, 5.74) is 1.95. The molecule has 0 spiro atoms. The maximum Gasteiger partial charge on any atom is 0.146 e. The van der Waals surface area contributed by atoms with Crippen molar-refractivity contribution in [3.63, 3.8) is 0 Å². The van der Waals surface area contributed by atoms with Crippen molar-refractivity contribution in [1.82, 2.24) is 15.1 Å². The Morgan fingerprint density at radius 3 is 2.62 bits per heavy atom. The molecule has 0 fully saturated rings. The van der Waals surface area contributed by atoms with Crippen molar-refractivity contribution >= 4 is 27.6 Å². The highest BCUT2D eigenvalue weighted by Crippen LogP contribution is 2.30. The Labute approximate surface area is 132 Å². The van der Waals surface area contributed by atoms with Gasteiger partial charge in [0.1, 0.15) is 28.2 Å². The summed E-state index contributed by atoms with van der Waals surface area (Å²) in [5, 5.41) is 10.6. The molecule has 2 aromatic heterocycles. The van der Waals surface area contributed by atoms with E-state index >= 15 is 0 Å². The Bertz CT molecular complexity index is 594. The molecule has 2 N–H and O–H groups in total. The van der Waals surface area contributed by atoms with Gasteiger partial charge in [-0.15, -0.1) is 0 Å². The summed E-state index contributed by atoms with van der Waals surface area (Å²) in [6, 6.07) is 0.0430. The Balaban J connectivity index is 2.19. The maximum absolute atomic E-state index is 5.21. The molecule has 0 saturated carbocycles. The summed E-state index contributed by atoms with van der Waals surface area (Å²) in [4.78, 5) is 8.54. The summed E-state index contributed by atoms with van der Waals surface area (Å²) in [7, 11) is 0. The predicted molar refractivity (Wildman–Crippen MR) is 86.5 cm³/mol. The van der Waals surface area contributed by atoms with Crippen LogP contribution in [-0.4, -0.2) is 21.7 Å². The fourth-order valence-electron chi connectivity index (χ4n) is 2.22. The number of hydrogen-bond acceptors (Lipinski definition) is 6. The first kappa shape index (κ1) is 15.8. The third-order valence-electron chi connectivity index (χ3n) is 3.21. The molecule has 2 rings (SSSR count). The lowest BCUT2D eigenvalue weighted by Gasteiger charge is -2.16. The lowest BCUT2D eigenvalue weighted by Crippen LogP contribution is -2.12. The zero-order valence-electron chi connectivity index (χ0n) is 12.7. The Hall–Kier alpha value is -1.63. The number of rotatable bonds is 6. The van der Waals surface area contributed by atoms with Crippen LogP contribution < -0.4 is 10.6 Å². The summed E-state index contributed by atoms with van der Waals surface area (Å²) in [6.45, 7) is 8.89. The normalized spacial score (nSPS) is 12.2. The van der Waals surface area contributed by atoms with Crippen LogP contribution in [0.4, 0.5) is 11.6 Å². The van der Waals surface area contributed by atoms with Gasteiger partial charge in [0.25, 0.3) is 0 Å². The molecule has 0 aliphatic rings. The number of nitrogens with one attached hydrogen (secondary N) is 2. The molecule has 1 atom stereocenters. The second-order valence-electron chi connectivity index (χ2n) is 4.92. The smallest absolute Gasteiger partial charge is 0.146 e. The minimum Gasteiger partial charge on any atom is -0.369 e. The molecule has 0 aliphatic heterocycles. The van der Waals surface area contributed by atoms with E-state index in [1.807, 2.05) is 13.8 Å². The van der Waals surface area contributed by atoms with Gasteiger partial charge >= 0.3 is 0 Å². The number of aromatic nitrogens is 3. The molecule has 114 valence electrons. The average molecular weight is 354 g/mol. The molecule has 0 aliphatic carbocycles. The molecular formula is C14H20BrN5O. The second kappa shape index (κ2) is 6.89. The van der Waals surface area contributed by atoms with Gasteiger partial charge in [-0.1, -0.05) is 12.1 Å². The van der Waals surface area contributed by atoms with E-state index in [1.54, 1.807) is 6.33 Å². The lowest BCUT2D eigenvalue weighted by atomic mass is 10.1. The number of hydrogen-bond donors (Lipinski definition) is 2. The number of anilines is 2. The van der Waals surface area contributed by atoms with Crippen molar-refractivity contribution in [2.24, 2.45) is 0 Å². The van der Waals surface area contributed by atoms with E-state index in [0.29, 0.717) is 0 Å². The third kappa shape index (κ3) is 3.53. The summed E-state index contributed by atoms with van der Waals surface area (Å²) < 4.78 is 6.04. The van der Waals surface area contributed by atoms with Crippen LogP contribution in [0.25, 0.3) is 0 Å². The van der Waals surface area contributed by atoms with Crippen molar-refractivity contribution in [3.05, 3.63) is 27.8 Å². The first-order valence-corrected chi connectivity index (χ1v) is 7.77. The number of nitrogens with zero attached hydrogens (tertiary/aromatic N) is 3. The minimum absolute atomic E-state index is 0.0430. The van der Waals surface area contributed by atoms with Gasteiger partial charge in [-0.05, 0) is 43.1 Å². The van der Waals surface area contributed by atoms with Crippen molar-refractivity contribution in [2.75, 3.05) is 17.2 Å². The standard InChI is InChI=1S/C14H20BrN5O/c1-5-6-16-13-12(15)14(18-7-17-13)19-8(2)11-9(3)20-21-10(11)4/h7-8H,5-6H2,1-4H3,(H2,16,17,18,19). The van der Waals surface area contributed by atoms with Gasteiger partial charge in [0, 0.05) is 12.1 Å². The summed E-state index contributed by atoms with van der Waals surface area (Å²) in [6.07, 6.45) is 2.58. The minimum atomic E-state index is 0.0430. The topological polar surface area (TPSA) is 75.9 Å². The van der Waals surface area contributed by atoms with E-state index in [0.717, 1.165) is 46.1 Å². The van der Waals surface area contributed by atoms with Gasteiger partial charge < -0.3 is 15.2 Å². The Kier molecular flexibility index (Phi) is 5.17. The highest BCUT2D eigenvalue weighted by atomic mass is 79.9. The van der Waals surface area contributed by atoms with Gasteiger partial charge in [-0.2, -0.15) is 0 Å². The quantitative estimate of drug-likeness (QED) is 0.821. The van der Waals surface area contributed by atoms with Gasteiger partial charge in [0.15, 0.2) is 0 Å². The first-order chi connectivity index (χ1) is 10.0. The second-order valence-corrected chi connectivity index (χ2v) is 5.71. The molecule has 0 saturated heterocycles. The Morgan fingerprint density at radius 2 is 2.00 bits per heavy atom. The van der Waals surface area contributed by atoms with Crippen LogP contribution in [-0.2, 0) is 0 Å². The number of halogens is 1. The highest BCUT2D eigenvalue weighted by Gasteiger charge is 2.18. The first-order valence-electron chi connectivity index (χ1n) is 6.98. The van der Waals surface area contributed by atoms with Crippen molar-refractivity contribution in [3.8, 4) is 0 Å². The SMILES string of the molecule is CCCNc1ncnc(NC(C)c2c(C)noc2C)c1Br. The van der Waals surface area contributed by atoms with E-state index in [9.17, 15) is 0 Å². The van der Waals surface area contributed by atoms with Crippen molar-refractivity contribution in [1.29, 1.82) is 0 Å².